The van der Waals surface area contributed by atoms with Gasteiger partial charge in [0.15, 0.2) is 0 Å². The van der Waals surface area contributed by atoms with Gasteiger partial charge >= 0.3 is 7.12 Å². The first-order valence-electron chi connectivity index (χ1n) is 7.15. The molecule has 2 aromatic carbocycles. The average Bonchev–Trinajstić information content (AvgIpc) is 2.45. The quantitative estimate of drug-likeness (QED) is 0.829. The number of hydrogen-bond donors (Lipinski definition) is 2. The molecule has 2 aromatic rings. The van der Waals surface area contributed by atoms with Gasteiger partial charge in [-0.3, -0.25) is 0 Å². The van der Waals surface area contributed by atoms with Gasteiger partial charge in [-0.15, -0.1) is 0 Å². The summed E-state index contributed by atoms with van der Waals surface area (Å²) in [6, 6.07) is 13.2. The second kappa shape index (κ2) is 6.79. The van der Waals surface area contributed by atoms with Gasteiger partial charge in [-0.25, -0.2) is 0 Å². The molecule has 0 atom stereocenters. The van der Waals surface area contributed by atoms with Crippen molar-refractivity contribution >= 4 is 12.6 Å². The molecule has 0 spiro atoms. The van der Waals surface area contributed by atoms with Crippen LogP contribution in [0.4, 0.5) is 0 Å². The van der Waals surface area contributed by atoms with Gasteiger partial charge in [-0.2, -0.15) is 0 Å². The zero-order valence-electron chi connectivity index (χ0n) is 12.7. The molecule has 0 aliphatic heterocycles. The van der Waals surface area contributed by atoms with E-state index in [-0.39, 0.29) is 0 Å². The summed E-state index contributed by atoms with van der Waals surface area (Å²) in [6.07, 6.45) is 0. The number of benzene rings is 2. The Labute approximate surface area is 126 Å². The van der Waals surface area contributed by atoms with Crippen LogP contribution in [0.25, 0.3) is 0 Å². The number of ether oxygens (including phenoxy) is 1. The van der Waals surface area contributed by atoms with Gasteiger partial charge in [-0.05, 0) is 47.1 Å². The number of rotatable bonds is 5. The number of hydrogen-bond acceptors (Lipinski definition) is 3. The van der Waals surface area contributed by atoms with E-state index < -0.39 is 7.12 Å². The van der Waals surface area contributed by atoms with Crippen LogP contribution in [0.1, 0.15) is 36.5 Å². The fourth-order valence-corrected chi connectivity index (χ4v) is 2.40. The summed E-state index contributed by atoms with van der Waals surface area (Å²) in [4.78, 5) is 0. The molecule has 0 unspecified atom stereocenters. The van der Waals surface area contributed by atoms with Crippen molar-refractivity contribution in [1.82, 2.24) is 0 Å². The van der Waals surface area contributed by atoms with Crippen LogP contribution in [0.5, 0.6) is 5.75 Å². The SMILES string of the molecule is Cc1cc(OCc2cccc(B(O)O)c2)ccc1C(C)C. The van der Waals surface area contributed by atoms with Gasteiger partial charge in [0.2, 0.25) is 0 Å². The second-order valence-corrected chi connectivity index (χ2v) is 5.58. The molecule has 0 radical (unpaired) electrons. The summed E-state index contributed by atoms with van der Waals surface area (Å²) >= 11 is 0. The van der Waals surface area contributed by atoms with Gasteiger partial charge in [0.05, 0.1) is 0 Å². The van der Waals surface area contributed by atoms with E-state index in [0.717, 1.165) is 11.3 Å². The molecule has 110 valence electrons. The first-order valence-corrected chi connectivity index (χ1v) is 7.15. The minimum absolute atomic E-state index is 0.404. The molecule has 2 N–H and O–H groups in total. The summed E-state index contributed by atoms with van der Waals surface area (Å²) in [5, 5.41) is 18.3. The molecule has 0 aromatic heterocycles. The molecule has 3 nitrogen and oxygen atoms in total. The van der Waals surface area contributed by atoms with Gasteiger partial charge in [0, 0.05) is 0 Å². The van der Waals surface area contributed by atoms with E-state index in [4.69, 9.17) is 14.8 Å². The highest BCUT2D eigenvalue weighted by Crippen LogP contribution is 2.23. The predicted molar refractivity (Wildman–Crippen MR) is 85.9 cm³/mol. The standard InChI is InChI=1S/C17H21BO3/c1-12(2)17-8-7-16(9-13(17)3)21-11-14-5-4-6-15(10-14)18(19)20/h4-10,12,19-20H,11H2,1-3H3. The minimum Gasteiger partial charge on any atom is -0.489 e. The lowest BCUT2D eigenvalue weighted by atomic mass is 9.80. The van der Waals surface area contributed by atoms with Crippen molar-refractivity contribution in [3.05, 3.63) is 59.2 Å². The Bertz CT molecular complexity index is 609. The lowest BCUT2D eigenvalue weighted by Crippen LogP contribution is -2.29. The number of aryl methyl sites for hydroxylation is 1. The topological polar surface area (TPSA) is 49.7 Å². The van der Waals surface area contributed by atoms with Crippen LogP contribution in [-0.2, 0) is 6.61 Å². The Morgan fingerprint density at radius 1 is 1.10 bits per heavy atom. The van der Waals surface area contributed by atoms with Crippen LogP contribution < -0.4 is 10.2 Å². The molecule has 21 heavy (non-hydrogen) atoms. The Kier molecular flexibility index (Phi) is 5.05. The largest absolute Gasteiger partial charge is 0.489 e. The third-order valence-electron chi connectivity index (χ3n) is 3.52. The zero-order chi connectivity index (χ0) is 15.4. The molecule has 2 rings (SSSR count). The highest BCUT2D eigenvalue weighted by molar-refractivity contribution is 6.58. The van der Waals surface area contributed by atoms with E-state index in [1.165, 1.54) is 11.1 Å². The second-order valence-electron chi connectivity index (χ2n) is 5.58. The highest BCUT2D eigenvalue weighted by atomic mass is 16.5. The lowest BCUT2D eigenvalue weighted by Gasteiger charge is -2.13. The molecule has 0 aliphatic rings. The van der Waals surface area contributed by atoms with Crippen molar-refractivity contribution in [2.24, 2.45) is 0 Å². The van der Waals surface area contributed by atoms with E-state index in [1.807, 2.05) is 18.2 Å². The van der Waals surface area contributed by atoms with Crippen molar-refractivity contribution in [3.8, 4) is 5.75 Å². The summed E-state index contributed by atoms with van der Waals surface area (Å²) in [7, 11) is -1.45. The third kappa shape index (κ3) is 4.10. The van der Waals surface area contributed by atoms with Gasteiger partial charge in [0.25, 0.3) is 0 Å². The maximum absolute atomic E-state index is 9.17. The van der Waals surface area contributed by atoms with Crippen LogP contribution in [-0.4, -0.2) is 17.2 Å². The Hall–Kier alpha value is -1.78. The molecular weight excluding hydrogens is 263 g/mol. The lowest BCUT2D eigenvalue weighted by molar-refractivity contribution is 0.306. The first-order chi connectivity index (χ1) is 9.97. The van der Waals surface area contributed by atoms with E-state index in [2.05, 4.69) is 26.8 Å². The van der Waals surface area contributed by atoms with E-state index in [1.54, 1.807) is 18.2 Å². The van der Waals surface area contributed by atoms with Crippen LogP contribution in [0.15, 0.2) is 42.5 Å². The van der Waals surface area contributed by atoms with E-state index in [0.29, 0.717) is 18.0 Å². The molecule has 0 saturated heterocycles. The minimum atomic E-state index is -1.45. The summed E-state index contributed by atoms with van der Waals surface area (Å²) < 4.78 is 5.78. The smallest absolute Gasteiger partial charge is 0.488 e. The Morgan fingerprint density at radius 3 is 2.48 bits per heavy atom. The first kappa shape index (κ1) is 15.6. The Balaban J connectivity index is 2.06. The van der Waals surface area contributed by atoms with Crippen LogP contribution in [0, 0.1) is 6.92 Å². The van der Waals surface area contributed by atoms with Crippen molar-refractivity contribution in [1.29, 1.82) is 0 Å². The highest BCUT2D eigenvalue weighted by Gasteiger charge is 2.11. The maximum Gasteiger partial charge on any atom is 0.488 e. The summed E-state index contributed by atoms with van der Waals surface area (Å²) in [6.45, 7) is 6.84. The normalized spacial score (nSPS) is 10.8. The average molecular weight is 284 g/mol. The van der Waals surface area contributed by atoms with Crippen LogP contribution in [0.2, 0.25) is 0 Å². The molecule has 4 heteroatoms. The van der Waals surface area contributed by atoms with Crippen molar-refractivity contribution in [2.75, 3.05) is 0 Å². The fourth-order valence-electron chi connectivity index (χ4n) is 2.40. The molecule has 0 heterocycles. The molecule has 0 fully saturated rings. The molecule has 0 amide bonds. The molecule has 0 saturated carbocycles. The molecular formula is C17H21BO3. The maximum atomic E-state index is 9.17. The van der Waals surface area contributed by atoms with E-state index >= 15 is 0 Å². The predicted octanol–water partition coefficient (Wildman–Crippen LogP) is 2.38. The van der Waals surface area contributed by atoms with Crippen molar-refractivity contribution in [3.63, 3.8) is 0 Å². The fraction of sp³-hybridized carbons (Fsp3) is 0.294. The van der Waals surface area contributed by atoms with Gasteiger partial charge < -0.3 is 14.8 Å². The van der Waals surface area contributed by atoms with Gasteiger partial charge in [0.1, 0.15) is 12.4 Å². The van der Waals surface area contributed by atoms with E-state index in [9.17, 15) is 0 Å². The zero-order valence-corrected chi connectivity index (χ0v) is 12.7. The van der Waals surface area contributed by atoms with Crippen molar-refractivity contribution in [2.45, 2.75) is 33.3 Å². The third-order valence-corrected chi connectivity index (χ3v) is 3.52. The van der Waals surface area contributed by atoms with Crippen LogP contribution in [0.3, 0.4) is 0 Å². The molecule has 0 aliphatic carbocycles. The monoisotopic (exact) mass is 284 g/mol. The summed E-state index contributed by atoms with van der Waals surface area (Å²) in [5.74, 6) is 1.33. The molecule has 0 bridgehead atoms. The summed E-state index contributed by atoms with van der Waals surface area (Å²) in [5.41, 5.74) is 3.93. The van der Waals surface area contributed by atoms with Crippen molar-refractivity contribution < 1.29 is 14.8 Å². The van der Waals surface area contributed by atoms with Crippen LogP contribution >= 0.6 is 0 Å². The Morgan fingerprint density at radius 2 is 1.86 bits per heavy atom. The van der Waals surface area contributed by atoms with Gasteiger partial charge in [-0.1, -0.05) is 44.2 Å².